The van der Waals surface area contributed by atoms with Gasteiger partial charge in [0, 0.05) is 30.3 Å². The van der Waals surface area contributed by atoms with Crippen LogP contribution in [0.4, 0.5) is 11.5 Å². The van der Waals surface area contributed by atoms with Crippen molar-refractivity contribution in [2.24, 2.45) is 0 Å². The zero-order chi connectivity index (χ0) is 26.0. The second kappa shape index (κ2) is 12.9. The summed E-state index contributed by atoms with van der Waals surface area (Å²) >= 11 is 5.89. The molecule has 0 amide bonds. The Morgan fingerprint density at radius 3 is 2.62 bits per heavy atom. The van der Waals surface area contributed by atoms with Crippen molar-refractivity contribution in [3.05, 3.63) is 95.2 Å². The van der Waals surface area contributed by atoms with Gasteiger partial charge in [-0.05, 0) is 48.2 Å². The van der Waals surface area contributed by atoms with Crippen LogP contribution in [-0.4, -0.2) is 48.0 Å². The van der Waals surface area contributed by atoms with E-state index in [1.807, 2.05) is 71.6 Å². The van der Waals surface area contributed by atoms with E-state index in [1.165, 1.54) is 6.08 Å². The fourth-order valence-electron chi connectivity index (χ4n) is 3.97. The number of esters is 1. The van der Waals surface area contributed by atoms with Gasteiger partial charge in [-0.25, -0.2) is 14.6 Å². The molecule has 0 spiro atoms. The van der Waals surface area contributed by atoms with Gasteiger partial charge in [0.25, 0.3) is 0 Å². The number of carboxylic acids is 1. The molecule has 2 aromatic carbocycles. The molecule has 1 aliphatic rings. The number of nitrogens with one attached hydrogen (secondary N) is 1. The van der Waals surface area contributed by atoms with Crippen LogP contribution in [0, 0.1) is 0 Å². The van der Waals surface area contributed by atoms with E-state index < -0.39 is 18.0 Å². The molecule has 1 aliphatic heterocycles. The minimum absolute atomic E-state index is 0.0478. The van der Waals surface area contributed by atoms with E-state index in [9.17, 15) is 14.7 Å². The molecule has 1 atom stereocenters. The zero-order valence-corrected chi connectivity index (χ0v) is 20.9. The molecule has 3 aromatic rings. The van der Waals surface area contributed by atoms with Gasteiger partial charge < -0.3 is 24.8 Å². The molecule has 0 radical (unpaired) electrons. The number of anilines is 2. The first-order chi connectivity index (χ1) is 18.0. The molecule has 1 unspecified atom stereocenters. The highest BCUT2D eigenvalue weighted by Crippen LogP contribution is 2.34. The predicted molar refractivity (Wildman–Crippen MR) is 142 cm³/mol. The summed E-state index contributed by atoms with van der Waals surface area (Å²) in [5.74, 6) is -0.952. The third-order valence-corrected chi connectivity index (χ3v) is 6.08. The molecule has 0 fully saturated rings. The third kappa shape index (κ3) is 7.31. The fraction of sp³-hybridized carbons (Fsp3) is 0.250. The minimum Gasteiger partial charge on any atom is -0.479 e. The molecule has 1 aromatic heterocycles. The highest BCUT2D eigenvalue weighted by atomic mass is 35.5. The molecule has 8 nitrogen and oxygen atoms in total. The number of hydrogen-bond donors (Lipinski definition) is 2. The summed E-state index contributed by atoms with van der Waals surface area (Å²) in [5, 5.41) is 13.4. The van der Waals surface area contributed by atoms with E-state index in [-0.39, 0.29) is 19.6 Å². The van der Waals surface area contributed by atoms with Crippen molar-refractivity contribution >= 4 is 40.7 Å². The lowest BCUT2D eigenvalue weighted by molar-refractivity contribution is -0.153. The van der Waals surface area contributed by atoms with Gasteiger partial charge in [0.1, 0.15) is 0 Å². The largest absolute Gasteiger partial charge is 0.479 e. The Kier molecular flexibility index (Phi) is 9.13. The van der Waals surface area contributed by atoms with Gasteiger partial charge in [-0.3, -0.25) is 0 Å². The number of ether oxygens (including phenoxy) is 2. The fourth-order valence-corrected chi connectivity index (χ4v) is 4.09. The minimum atomic E-state index is -1.09. The van der Waals surface area contributed by atoms with Crippen LogP contribution in [0.25, 0.3) is 5.70 Å². The van der Waals surface area contributed by atoms with Crippen LogP contribution in [0.15, 0.2) is 79.0 Å². The number of fused-ring (bicyclic) bond motifs is 1. The van der Waals surface area contributed by atoms with Crippen LogP contribution in [-0.2, 0) is 25.5 Å². The molecule has 37 heavy (non-hydrogen) atoms. The number of aliphatic carboxylic acids is 1. The molecule has 192 valence electrons. The Morgan fingerprint density at radius 2 is 1.86 bits per heavy atom. The summed E-state index contributed by atoms with van der Waals surface area (Å²) in [6.07, 6.45) is 3.49. The van der Waals surface area contributed by atoms with E-state index in [0.717, 1.165) is 23.2 Å². The molecular weight excluding hydrogens is 494 g/mol. The second-order valence-corrected chi connectivity index (χ2v) is 8.85. The standard InChI is InChI=1S/C28H28ClN3O5/c29-22-12-10-20(11-13-22)6-5-16-36-25(28(34)35)14-17-37-26(33)18-24(21-7-2-1-3-8-21)32-19-31-23-9-4-15-30-27(23)32/h1-4,7-13,15,18,25,31H,5-6,14,16-17,19H2,(H,34,35)/b24-18-. The smallest absolute Gasteiger partial charge is 0.332 e. The van der Waals surface area contributed by atoms with E-state index in [2.05, 4.69) is 10.3 Å². The van der Waals surface area contributed by atoms with Crippen molar-refractivity contribution in [2.75, 3.05) is 30.1 Å². The van der Waals surface area contributed by atoms with Gasteiger partial charge >= 0.3 is 11.9 Å². The Morgan fingerprint density at radius 1 is 1.08 bits per heavy atom. The van der Waals surface area contributed by atoms with Crippen LogP contribution in [0.5, 0.6) is 0 Å². The first kappa shape index (κ1) is 26.2. The van der Waals surface area contributed by atoms with Crippen LogP contribution in [0.3, 0.4) is 0 Å². The second-order valence-electron chi connectivity index (χ2n) is 8.42. The number of halogens is 1. The molecule has 2 N–H and O–H groups in total. The Balaban J connectivity index is 1.32. The summed E-state index contributed by atoms with van der Waals surface area (Å²) in [7, 11) is 0. The van der Waals surface area contributed by atoms with E-state index in [4.69, 9.17) is 21.1 Å². The van der Waals surface area contributed by atoms with Gasteiger partial charge in [0.05, 0.1) is 24.7 Å². The molecule has 0 aliphatic carbocycles. The lowest BCUT2D eigenvalue weighted by Crippen LogP contribution is -2.27. The summed E-state index contributed by atoms with van der Waals surface area (Å²) in [5.41, 5.74) is 3.42. The normalized spacial score (nSPS) is 13.5. The summed E-state index contributed by atoms with van der Waals surface area (Å²) in [6, 6.07) is 20.7. The van der Waals surface area contributed by atoms with Crippen LogP contribution < -0.4 is 10.2 Å². The Hall–Kier alpha value is -3.88. The van der Waals surface area contributed by atoms with Gasteiger partial charge in [-0.15, -0.1) is 0 Å². The van der Waals surface area contributed by atoms with Gasteiger partial charge in [0.15, 0.2) is 11.9 Å². The maximum atomic E-state index is 12.7. The number of carboxylic acid groups (broad SMARTS) is 1. The predicted octanol–water partition coefficient (Wildman–Crippen LogP) is 5.00. The quantitative estimate of drug-likeness (QED) is 0.195. The van der Waals surface area contributed by atoms with Crippen LogP contribution in [0.1, 0.15) is 24.0 Å². The lowest BCUT2D eigenvalue weighted by atomic mass is 10.1. The molecule has 2 heterocycles. The van der Waals surface area contributed by atoms with Crippen molar-refractivity contribution in [3.8, 4) is 0 Å². The molecule has 0 saturated carbocycles. The number of aryl methyl sites for hydroxylation is 1. The van der Waals surface area contributed by atoms with Crippen molar-refractivity contribution < 1.29 is 24.2 Å². The molecule has 0 saturated heterocycles. The summed E-state index contributed by atoms with van der Waals surface area (Å²) < 4.78 is 10.9. The summed E-state index contributed by atoms with van der Waals surface area (Å²) in [6.45, 7) is 0.643. The molecule has 4 rings (SSSR count). The number of carbonyl (C=O) groups excluding carboxylic acids is 1. The van der Waals surface area contributed by atoms with E-state index >= 15 is 0 Å². The number of rotatable bonds is 12. The van der Waals surface area contributed by atoms with E-state index in [1.54, 1.807) is 6.20 Å². The number of benzene rings is 2. The molecular formula is C28H28ClN3O5. The van der Waals surface area contributed by atoms with Crippen LogP contribution in [0.2, 0.25) is 5.02 Å². The lowest BCUT2D eigenvalue weighted by Gasteiger charge is -2.21. The van der Waals surface area contributed by atoms with Crippen molar-refractivity contribution in [3.63, 3.8) is 0 Å². The summed E-state index contributed by atoms with van der Waals surface area (Å²) in [4.78, 5) is 30.7. The number of nitrogens with zero attached hydrogens (tertiary/aromatic N) is 2. The highest BCUT2D eigenvalue weighted by Gasteiger charge is 2.25. The van der Waals surface area contributed by atoms with Crippen molar-refractivity contribution in [2.45, 2.75) is 25.4 Å². The van der Waals surface area contributed by atoms with Crippen molar-refractivity contribution in [1.82, 2.24) is 4.98 Å². The third-order valence-electron chi connectivity index (χ3n) is 5.83. The zero-order valence-electron chi connectivity index (χ0n) is 20.2. The average Bonchev–Trinajstić information content (AvgIpc) is 3.34. The number of aromatic nitrogens is 1. The Labute approximate surface area is 220 Å². The van der Waals surface area contributed by atoms with E-state index in [0.29, 0.717) is 29.6 Å². The van der Waals surface area contributed by atoms with Crippen LogP contribution >= 0.6 is 11.6 Å². The first-order valence-corrected chi connectivity index (χ1v) is 12.4. The number of carbonyl (C=O) groups is 2. The average molecular weight is 522 g/mol. The maximum absolute atomic E-state index is 12.7. The maximum Gasteiger partial charge on any atom is 0.332 e. The Bertz CT molecular complexity index is 1230. The van der Waals surface area contributed by atoms with Crippen molar-refractivity contribution in [1.29, 1.82) is 0 Å². The first-order valence-electron chi connectivity index (χ1n) is 12.0. The molecule has 0 bridgehead atoms. The van der Waals surface area contributed by atoms with Gasteiger partial charge in [-0.2, -0.15) is 0 Å². The number of pyridine rings is 1. The van der Waals surface area contributed by atoms with Gasteiger partial charge in [-0.1, -0.05) is 54.1 Å². The SMILES string of the molecule is O=C(/C=C(/c1ccccc1)N1CNc2cccnc21)OCCC(OCCCc1ccc(Cl)cc1)C(=O)O. The molecule has 9 heteroatoms. The topological polar surface area (TPSA) is 101 Å². The monoisotopic (exact) mass is 521 g/mol. The van der Waals surface area contributed by atoms with Gasteiger partial charge in [0.2, 0.25) is 0 Å². The number of hydrogen-bond acceptors (Lipinski definition) is 7. The highest BCUT2D eigenvalue weighted by molar-refractivity contribution is 6.30.